The van der Waals surface area contributed by atoms with Crippen molar-refractivity contribution in [3.8, 4) is 11.5 Å². The minimum atomic E-state index is -1.12. The molecule has 0 fully saturated rings. The summed E-state index contributed by atoms with van der Waals surface area (Å²) in [5, 5.41) is 20.3. The number of rotatable bonds is 4. The lowest BCUT2D eigenvalue weighted by Crippen LogP contribution is -2.12. The fourth-order valence-corrected chi connectivity index (χ4v) is 3.89. The van der Waals surface area contributed by atoms with E-state index in [4.69, 9.17) is 39.5 Å². The Bertz CT molecular complexity index is 916. The minimum absolute atomic E-state index is 0.0235. The van der Waals surface area contributed by atoms with Crippen molar-refractivity contribution >= 4 is 46.6 Å². The van der Waals surface area contributed by atoms with E-state index in [1.807, 2.05) is 0 Å². The SMILES string of the molecule is CC(C(=O)O)c1cc2c(c(C(=O)c3c(Cl)cc(Cl)cc3Cl)c1O)OCC2. The van der Waals surface area contributed by atoms with Gasteiger partial charge in [-0.1, -0.05) is 34.8 Å². The second-order valence-corrected chi connectivity index (χ2v) is 7.16. The van der Waals surface area contributed by atoms with Crippen LogP contribution in [0.25, 0.3) is 0 Å². The number of ketones is 1. The van der Waals surface area contributed by atoms with E-state index < -0.39 is 23.4 Å². The fourth-order valence-electron chi connectivity index (χ4n) is 2.91. The van der Waals surface area contributed by atoms with E-state index in [1.165, 1.54) is 19.1 Å². The average Bonchev–Trinajstić information content (AvgIpc) is 3.00. The van der Waals surface area contributed by atoms with E-state index in [-0.39, 0.29) is 37.5 Å². The highest BCUT2D eigenvalue weighted by atomic mass is 35.5. The van der Waals surface area contributed by atoms with Crippen LogP contribution < -0.4 is 4.74 Å². The summed E-state index contributed by atoms with van der Waals surface area (Å²) >= 11 is 18.1. The number of hydrogen-bond donors (Lipinski definition) is 2. The van der Waals surface area contributed by atoms with Gasteiger partial charge in [0.2, 0.25) is 5.78 Å². The quantitative estimate of drug-likeness (QED) is 0.707. The van der Waals surface area contributed by atoms with Gasteiger partial charge >= 0.3 is 5.97 Å². The predicted octanol–water partition coefficient (Wildman–Crippen LogP) is 4.71. The highest BCUT2D eigenvalue weighted by Crippen LogP contribution is 2.44. The van der Waals surface area contributed by atoms with Crippen LogP contribution in [-0.4, -0.2) is 28.6 Å². The van der Waals surface area contributed by atoms with Crippen LogP contribution in [0.15, 0.2) is 18.2 Å². The molecule has 2 aromatic carbocycles. The number of carbonyl (C=O) groups excluding carboxylic acids is 1. The Morgan fingerprint density at radius 1 is 1.12 bits per heavy atom. The minimum Gasteiger partial charge on any atom is -0.507 e. The van der Waals surface area contributed by atoms with E-state index in [1.54, 1.807) is 6.07 Å². The van der Waals surface area contributed by atoms with Crippen LogP contribution in [-0.2, 0) is 11.2 Å². The molecule has 1 unspecified atom stereocenters. The van der Waals surface area contributed by atoms with Gasteiger partial charge in [-0.25, -0.2) is 0 Å². The van der Waals surface area contributed by atoms with Gasteiger partial charge in [0.15, 0.2) is 0 Å². The van der Waals surface area contributed by atoms with Crippen molar-refractivity contribution in [3.05, 3.63) is 55.5 Å². The lowest BCUT2D eigenvalue weighted by atomic mass is 9.90. The predicted molar refractivity (Wildman–Crippen MR) is 98.3 cm³/mol. The molecule has 136 valence electrons. The van der Waals surface area contributed by atoms with Crippen molar-refractivity contribution in [1.82, 2.24) is 0 Å². The number of hydrogen-bond acceptors (Lipinski definition) is 4. The zero-order valence-corrected chi connectivity index (χ0v) is 15.7. The first kappa shape index (κ1) is 18.8. The second-order valence-electron chi connectivity index (χ2n) is 5.91. The molecule has 0 amide bonds. The van der Waals surface area contributed by atoms with E-state index in [0.29, 0.717) is 18.6 Å². The second kappa shape index (κ2) is 6.99. The summed E-state index contributed by atoms with van der Waals surface area (Å²) < 4.78 is 5.51. The Morgan fingerprint density at radius 2 is 1.73 bits per heavy atom. The van der Waals surface area contributed by atoms with Gasteiger partial charge in [0.25, 0.3) is 0 Å². The molecule has 8 heteroatoms. The molecule has 1 atom stereocenters. The first-order valence-electron chi connectivity index (χ1n) is 7.66. The lowest BCUT2D eigenvalue weighted by Gasteiger charge is -2.17. The summed E-state index contributed by atoms with van der Waals surface area (Å²) in [6.45, 7) is 1.75. The van der Waals surface area contributed by atoms with E-state index in [2.05, 4.69) is 0 Å². The third-order valence-electron chi connectivity index (χ3n) is 4.27. The van der Waals surface area contributed by atoms with Gasteiger partial charge in [-0.2, -0.15) is 0 Å². The van der Waals surface area contributed by atoms with Crippen LogP contribution in [0.2, 0.25) is 15.1 Å². The van der Waals surface area contributed by atoms with E-state index >= 15 is 0 Å². The molecule has 2 N–H and O–H groups in total. The normalized spacial score (nSPS) is 13.8. The van der Waals surface area contributed by atoms with Crippen molar-refractivity contribution in [2.75, 3.05) is 6.61 Å². The topological polar surface area (TPSA) is 83.8 Å². The summed E-state index contributed by atoms with van der Waals surface area (Å²) in [4.78, 5) is 24.5. The molecule has 0 saturated carbocycles. The Morgan fingerprint density at radius 3 is 2.31 bits per heavy atom. The number of carboxylic acids is 1. The summed E-state index contributed by atoms with van der Waals surface area (Å²) in [6, 6.07) is 4.28. The highest BCUT2D eigenvalue weighted by molar-refractivity contribution is 6.43. The van der Waals surface area contributed by atoms with Gasteiger partial charge in [-0.05, 0) is 30.7 Å². The Balaban J connectivity index is 2.25. The zero-order chi connectivity index (χ0) is 19.2. The zero-order valence-electron chi connectivity index (χ0n) is 13.5. The molecule has 5 nitrogen and oxygen atoms in total. The van der Waals surface area contributed by atoms with Crippen molar-refractivity contribution in [2.24, 2.45) is 0 Å². The van der Waals surface area contributed by atoms with Crippen LogP contribution >= 0.6 is 34.8 Å². The summed E-state index contributed by atoms with van der Waals surface area (Å²) in [5.41, 5.74) is 0.599. The maximum Gasteiger partial charge on any atom is 0.310 e. The molecule has 0 aliphatic carbocycles. The van der Waals surface area contributed by atoms with Crippen molar-refractivity contribution in [2.45, 2.75) is 19.3 Å². The molecule has 26 heavy (non-hydrogen) atoms. The monoisotopic (exact) mass is 414 g/mol. The maximum absolute atomic E-state index is 13.1. The average molecular weight is 416 g/mol. The van der Waals surface area contributed by atoms with E-state index in [9.17, 15) is 19.8 Å². The summed E-state index contributed by atoms with van der Waals surface area (Å²) in [7, 11) is 0. The number of benzene rings is 2. The highest BCUT2D eigenvalue weighted by Gasteiger charge is 2.32. The maximum atomic E-state index is 13.1. The summed E-state index contributed by atoms with van der Waals surface area (Å²) in [6.07, 6.45) is 0.497. The molecule has 1 heterocycles. The standard InChI is InChI=1S/C18H13Cl3O5/c1-7(18(24)25)10-4-8-2-3-26-17(8)14(15(10)22)16(23)13-11(20)5-9(19)6-12(13)21/h4-7,22H,2-3H2,1H3,(H,24,25). The number of aromatic hydroxyl groups is 1. The van der Waals surface area contributed by atoms with Gasteiger partial charge in [0.05, 0.1) is 28.1 Å². The number of ether oxygens (including phenoxy) is 1. The van der Waals surface area contributed by atoms with Crippen LogP contribution in [0, 0.1) is 0 Å². The molecule has 0 saturated heterocycles. The van der Waals surface area contributed by atoms with E-state index in [0.717, 1.165) is 0 Å². The number of halogens is 3. The molecule has 0 radical (unpaired) electrons. The number of aliphatic carboxylic acids is 1. The number of fused-ring (bicyclic) bond motifs is 1. The Hall–Kier alpha value is -1.95. The van der Waals surface area contributed by atoms with Crippen molar-refractivity contribution < 1.29 is 24.5 Å². The van der Waals surface area contributed by atoms with Crippen LogP contribution in [0.1, 0.15) is 39.9 Å². The van der Waals surface area contributed by atoms with Gasteiger partial charge in [-0.3, -0.25) is 9.59 Å². The van der Waals surface area contributed by atoms with Gasteiger partial charge in [-0.15, -0.1) is 0 Å². The van der Waals surface area contributed by atoms with Crippen molar-refractivity contribution in [3.63, 3.8) is 0 Å². The van der Waals surface area contributed by atoms with Crippen LogP contribution in [0.3, 0.4) is 0 Å². The largest absolute Gasteiger partial charge is 0.507 e. The van der Waals surface area contributed by atoms with Gasteiger partial charge in [0.1, 0.15) is 17.1 Å². The number of carboxylic acid groups (broad SMARTS) is 1. The smallest absolute Gasteiger partial charge is 0.310 e. The summed E-state index contributed by atoms with van der Waals surface area (Å²) in [5.74, 6) is -3.03. The molecule has 1 aliphatic heterocycles. The van der Waals surface area contributed by atoms with Crippen LogP contribution in [0.4, 0.5) is 0 Å². The van der Waals surface area contributed by atoms with Gasteiger partial charge < -0.3 is 14.9 Å². The molecule has 3 rings (SSSR count). The number of phenols is 1. The number of carbonyl (C=O) groups is 2. The Kier molecular flexibility index (Phi) is 5.06. The Labute approximate surface area is 164 Å². The molecule has 0 aromatic heterocycles. The first-order valence-corrected chi connectivity index (χ1v) is 8.79. The fraction of sp³-hybridized carbons (Fsp3) is 0.222. The molecular formula is C18H13Cl3O5. The molecule has 0 spiro atoms. The first-order chi connectivity index (χ1) is 12.2. The third kappa shape index (κ3) is 3.11. The lowest BCUT2D eigenvalue weighted by molar-refractivity contribution is -0.138. The molecule has 1 aliphatic rings. The van der Waals surface area contributed by atoms with Crippen molar-refractivity contribution in [1.29, 1.82) is 0 Å². The van der Waals surface area contributed by atoms with Crippen LogP contribution in [0.5, 0.6) is 11.5 Å². The molecule has 2 aromatic rings. The third-order valence-corrected chi connectivity index (χ3v) is 5.09. The number of phenolic OH excluding ortho intramolecular Hbond substituents is 1. The molecule has 0 bridgehead atoms. The molecular weight excluding hydrogens is 403 g/mol. The van der Waals surface area contributed by atoms with Gasteiger partial charge in [0, 0.05) is 17.0 Å².